The van der Waals surface area contributed by atoms with Crippen molar-refractivity contribution in [1.82, 2.24) is 0 Å². The topological polar surface area (TPSA) is 101 Å². The highest BCUT2D eigenvalue weighted by atomic mass is 16.3. The number of aliphatic hydroxyl groups is 2. The first-order valence-electron chi connectivity index (χ1n) is 17.7. The highest BCUT2D eigenvalue weighted by Gasteiger charge is 2.22. The standard InChI is InChI=1S/C34H65NO2.C2H6O2/c1-3-5-7-9-11-13-15-17-18-19-21-23-25-27-29-31-33(36)32(34(35)37)30-28-26-24-22-20-16-14-12-10-8-6-4-2;3-1-2-4/h17-18,32H,3-16,19-31H2,1-2H3,(H2,35,37);3-4H,1-2H2/b18-17-;. The summed E-state index contributed by atoms with van der Waals surface area (Å²) in [7, 11) is 0. The van der Waals surface area contributed by atoms with Gasteiger partial charge in [-0.1, -0.05) is 154 Å². The number of unbranched alkanes of at least 4 members (excludes halogenated alkanes) is 22. The summed E-state index contributed by atoms with van der Waals surface area (Å²) in [6, 6.07) is 0. The van der Waals surface area contributed by atoms with Crippen LogP contribution in [0.25, 0.3) is 0 Å². The van der Waals surface area contributed by atoms with E-state index in [0.717, 1.165) is 25.7 Å². The summed E-state index contributed by atoms with van der Waals surface area (Å²) in [5, 5.41) is 15.2. The molecule has 244 valence electrons. The molecule has 0 spiro atoms. The van der Waals surface area contributed by atoms with Crippen molar-refractivity contribution in [2.24, 2.45) is 11.7 Å². The number of rotatable bonds is 31. The van der Waals surface area contributed by atoms with Crippen LogP contribution >= 0.6 is 0 Å². The molecule has 0 fully saturated rings. The van der Waals surface area contributed by atoms with Gasteiger partial charge >= 0.3 is 0 Å². The van der Waals surface area contributed by atoms with Crippen molar-refractivity contribution in [1.29, 1.82) is 0 Å². The molecule has 1 atom stereocenters. The third-order valence-corrected chi connectivity index (χ3v) is 7.86. The first kappa shape index (κ1) is 41.9. The van der Waals surface area contributed by atoms with Gasteiger partial charge in [0.05, 0.1) is 19.1 Å². The lowest BCUT2D eigenvalue weighted by Crippen LogP contribution is -2.30. The molecule has 0 rings (SSSR count). The van der Waals surface area contributed by atoms with E-state index >= 15 is 0 Å². The predicted octanol–water partition coefficient (Wildman–Crippen LogP) is 9.76. The van der Waals surface area contributed by atoms with Gasteiger partial charge in [0.1, 0.15) is 5.78 Å². The Bertz CT molecular complexity index is 562. The van der Waals surface area contributed by atoms with Gasteiger partial charge in [-0.3, -0.25) is 9.59 Å². The molecule has 0 saturated heterocycles. The van der Waals surface area contributed by atoms with Gasteiger partial charge in [0.15, 0.2) is 0 Å². The minimum Gasteiger partial charge on any atom is -0.394 e. The molecule has 0 aromatic carbocycles. The van der Waals surface area contributed by atoms with Gasteiger partial charge in [-0.2, -0.15) is 0 Å². The lowest BCUT2D eigenvalue weighted by Gasteiger charge is -2.12. The Morgan fingerprint density at radius 2 is 0.878 bits per heavy atom. The molecule has 0 bridgehead atoms. The number of primary amides is 1. The molecule has 0 aliphatic heterocycles. The third-order valence-electron chi connectivity index (χ3n) is 7.86. The van der Waals surface area contributed by atoms with Gasteiger partial charge < -0.3 is 15.9 Å². The Kier molecular flexibility index (Phi) is 37.7. The van der Waals surface area contributed by atoms with E-state index < -0.39 is 11.8 Å². The van der Waals surface area contributed by atoms with Crippen LogP contribution < -0.4 is 5.73 Å². The number of Topliss-reactive ketones (excluding diaryl/α,β-unsaturated/α-hetero) is 1. The van der Waals surface area contributed by atoms with Gasteiger partial charge in [-0.15, -0.1) is 0 Å². The molecule has 0 aliphatic carbocycles. The van der Waals surface area contributed by atoms with Gasteiger partial charge in [-0.05, 0) is 38.5 Å². The van der Waals surface area contributed by atoms with Crippen molar-refractivity contribution < 1.29 is 19.8 Å². The number of amides is 1. The van der Waals surface area contributed by atoms with Gasteiger partial charge in [0.25, 0.3) is 0 Å². The van der Waals surface area contributed by atoms with Crippen LogP contribution in [0.4, 0.5) is 0 Å². The number of carbonyl (C=O) groups is 2. The molecule has 0 aromatic rings. The van der Waals surface area contributed by atoms with Crippen molar-refractivity contribution >= 4 is 11.7 Å². The lowest BCUT2D eigenvalue weighted by atomic mass is 9.92. The summed E-state index contributed by atoms with van der Waals surface area (Å²) in [6.07, 6.45) is 37.6. The lowest BCUT2D eigenvalue weighted by molar-refractivity contribution is -0.132. The summed E-state index contributed by atoms with van der Waals surface area (Å²) in [5.74, 6) is -0.895. The Morgan fingerprint density at radius 1 is 0.537 bits per heavy atom. The molecule has 0 saturated carbocycles. The second-order valence-corrected chi connectivity index (χ2v) is 11.9. The molecular weight excluding hydrogens is 510 g/mol. The fraction of sp³-hybridized carbons (Fsp3) is 0.889. The van der Waals surface area contributed by atoms with E-state index in [1.165, 1.54) is 135 Å². The van der Waals surface area contributed by atoms with Crippen molar-refractivity contribution in [2.75, 3.05) is 13.2 Å². The summed E-state index contributed by atoms with van der Waals surface area (Å²) in [4.78, 5) is 24.4. The number of carbonyl (C=O) groups excluding carboxylic acids is 2. The zero-order chi connectivity index (χ0) is 30.7. The molecule has 5 nitrogen and oxygen atoms in total. The smallest absolute Gasteiger partial charge is 0.227 e. The minimum atomic E-state index is -0.556. The summed E-state index contributed by atoms with van der Waals surface area (Å²) >= 11 is 0. The van der Waals surface area contributed by atoms with Crippen molar-refractivity contribution in [3.05, 3.63) is 12.2 Å². The second kappa shape index (κ2) is 36.8. The Morgan fingerprint density at radius 3 is 1.24 bits per heavy atom. The molecule has 4 N–H and O–H groups in total. The zero-order valence-corrected chi connectivity index (χ0v) is 27.5. The highest BCUT2D eigenvalue weighted by molar-refractivity contribution is 6.00. The van der Waals surface area contributed by atoms with Crippen molar-refractivity contribution in [2.45, 2.75) is 187 Å². The average Bonchev–Trinajstić information content (AvgIpc) is 2.97. The molecular formula is C36H71NO4. The molecule has 1 amide bonds. The van der Waals surface area contributed by atoms with Crippen molar-refractivity contribution in [3.63, 3.8) is 0 Å². The maximum absolute atomic E-state index is 12.5. The van der Waals surface area contributed by atoms with Gasteiger partial charge in [0.2, 0.25) is 5.91 Å². The van der Waals surface area contributed by atoms with E-state index in [2.05, 4.69) is 26.0 Å². The molecule has 0 heterocycles. The molecule has 5 heteroatoms. The Labute approximate surface area is 255 Å². The quantitative estimate of drug-likeness (QED) is 0.0431. The number of hydrogen-bond donors (Lipinski definition) is 3. The largest absolute Gasteiger partial charge is 0.394 e. The zero-order valence-electron chi connectivity index (χ0n) is 27.5. The molecule has 1 unspecified atom stereocenters. The van der Waals surface area contributed by atoms with E-state index in [1.807, 2.05) is 0 Å². The number of aliphatic hydroxyl groups excluding tert-OH is 2. The molecule has 0 aliphatic rings. The van der Waals surface area contributed by atoms with E-state index in [0.29, 0.717) is 12.8 Å². The normalized spacial score (nSPS) is 11.9. The van der Waals surface area contributed by atoms with E-state index in [1.54, 1.807) is 0 Å². The SMILES string of the molecule is CCCCCCCC/C=C\CCCCCCCC(=O)C(CCCCCCCCCCCCCC)C(N)=O.OCCO. The second-order valence-electron chi connectivity index (χ2n) is 11.9. The van der Waals surface area contributed by atoms with Crippen LogP contribution in [0, 0.1) is 5.92 Å². The first-order chi connectivity index (χ1) is 20.0. The summed E-state index contributed by atoms with van der Waals surface area (Å²) < 4.78 is 0. The van der Waals surface area contributed by atoms with Gasteiger partial charge in [0, 0.05) is 6.42 Å². The van der Waals surface area contributed by atoms with E-state index in [9.17, 15) is 9.59 Å². The van der Waals surface area contributed by atoms with E-state index in [-0.39, 0.29) is 19.0 Å². The number of allylic oxidation sites excluding steroid dienone is 2. The Hall–Kier alpha value is -1.20. The molecule has 41 heavy (non-hydrogen) atoms. The number of ketones is 1. The maximum Gasteiger partial charge on any atom is 0.227 e. The van der Waals surface area contributed by atoms with Crippen LogP contribution in [-0.4, -0.2) is 35.1 Å². The maximum atomic E-state index is 12.5. The van der Waals surface area contributed by atoms with E-state index in [4.69, 9.17) is 15.9 Å². The summed E-state index contributed by atoms with van der Waals surface area (Å²) in [6.45, 7) is 4.28. The third kappa shape index (κ3) is 34.9. The minimum absolute atomic E-state index is 0.0770. The van der Waals surface area contributed by atoms with Crippen LogP contribution in [0.3, 0.4) is 0 Å². The van der Waals surface area contributed by atoms with Crippen LogP contribution in [0.1, 0.15) is 187 Å². The predicted molar refractivity (Wildman–Crippen MR) is 177 cm³/mol. The van der Waals surface area contributed by atoms with Crippen LogP contribution in [0.5, 0.6) is 0 Å². The molecule has 0 radical (unpaired) electrons. The fourth-order valence-electron chi connectivity index (χ4n) is 5.20. The number of hydrogen-bond acceptors (Lipinski definition) is 4. The Balaban J connectivity index is 0. The van der Waals surface area contributed by atoms with Crippen LogP contribution in [-0.2, 0) is 9.59 Å². The van der Waals surface area contributed by atoms with Crippen molar-refractivity contribution in [3.8, 4) is 0 Å². The van der Waals surface area contributed by atoms with Crippen LogP contribution in [0.15, 0.2) is 12.2 Å². The molecule has 0 aromatic heterocycles. The highest BCUT2D eigenvalue weighted by Crippen LogP contribution is 2.18. The van der Waals surface area contributed by atoms with Gasteiger partial charge in [-0.25, -0.2) is 0 Å². The van der Waals surface area contributed by atoms with Crippen LogP contribution in [0.2, 0.25) is 0 Å². The average molecular weight is 582 g/mol. The number of nitrogens with two attached hydrogens (primary N) is 1. The summed E-state index contributed by atoms with van der Waals surface area (Å²) in [5.41, 5.74) is 5.57. The monoisotopic (exact) mass is 582 g/mol. The first-order valence-corrected chi connectivity index (χ1v) is 17.7. The fourth-order valence-corrected chi connectivity index (χ4v) is 5.20.